The number of benzene rings is 1. The predicted molar refractivity (Wildman–Crippen MR) is 105 cm³/mol. The largest absolute Gasteiger partial charge is 0.382 e. The fraction of sp³-hybridized carbons (Fsp3) is 0.600. The van der Waals surface area contributed by atoms with E-state index in [9.17, 15) is 14.7 Å². The number of carbonyl (C=O) groups excluding carboxylic acids is 2. The second-order valence-electron chi connectivity index (χ2n) is 7.10. The number of halogens is 1. The van der Waals surface area contributed by atoms with Crippen molar-refractivity contribution in [2.75, 3.05) is 0 Å². The summed E-state index contributed by atoms with van der Waals surface area (Å²) in [6.07, 6.45) is 6.88. The Hall–Kier alpha value is -1.43. The maximum atomic E-state index is 12.0. The van der Waals surface area contributed by atoms with Gasteiger partial charge in [0.1, 0.15) is 6.10 Å². The van der Waals surface area contributed by atoms with E-state index in [1.165, 1.54) is 19.3 Å². The van der Waals surface area contributed by atoms with Crippen LogP contribution in [0.4, 0.5) is 0 Å². The van der Waals surface area contributed by atoms with Crippen LogP contribution in [0, 0.1) is 5.92 Å². The Morgan fingerprint density at radius 1 is 1.15 bits per heavy atom. The number of nitrogens with two attached hydrogens (primary N) is 1. The van der Waals surface area contributed by atoms with Gasteiger partial charge in [0.25, 0.3) is 5.91 Å². The van der Waals surface area contributed by atoms with Gasteiger partial charge in [0.05, 0.1) is 0 Å². The highest BCUT2D eigenvalue weighted by Crippen LogP contribution is 2.27. The van der Waals surface area contributed by atoms with E-state index in [4.69, 9.17) is 5.73 Å². The SMILES string of the molecule is Cl.N[C@H](CC1CCCCC1)C(O)C(=O)NC(=O)CCCc1ccccc1. The Balaban J connectivity index is 0.00000338. The van der Waals surface area contributed by atoms with Gasteiger partial charge in [-0.1, -0.05) is 62.4 Å². The number of aryl methyl sites for hydroxylation is 1. The summed E-state index contributed by atoms with van der Waals surface area (Å²) in [5.74, 6) is -0.550. The van der Waals surface area contributed by atoms with Crippen LogP contribution in [0.15, 0.2) is 30.3 Å². The van der Waals surface area contributed by atoms with Gasteiger partial charge < -0.3 is 10.8 Å². The first-order valence-corrected chi connectivity index (χ1v) is 9.37. The number of imide groups is 1. The molecule has 1 aromatic rings. The normalized spacial score (nSPS) is 17.0. The van der Waals surface area contributed by atoms with E-state index in [1.54, 1.807) is 0 Å². The van der Waals surface area contributed by atoms with Gasteiger partial charge in [0.2, 0.25) is 5.91 Å². The first-order chi connectivity index (χ1) is 12.1. The summed E-state index contributed by atoms with van der Waals surface area (Å²) in [4.78, 5) is 23.9. The topological polar surface area (TPSA) is 92.4 Å². The number of nitrogens with one attached hydrogen (secondary N) is 1. The van der Waals surface area contributed by atoms with Crippen molar-refractivity contribution in [3.63, 3.8) is 0 Å². The third-order valence-electron chi connectivity index (χ3n) is 4.98. The number of aliphatic hydroxyl groups is 1. The second-order valence-corrected chi connectivity index (χ2v) is 7.10. The number of amides is 2. The van der Waals surface area contributed by atoms with Crippen molar-refractivity contribution in [1.29, 1.82) is 0 Å². The Bertz CT molecular complexity index is 547. The molecule has 2 rings (SSSR count). The molecule has 0 saturated heterocycles. The molecule has 0 radical (unpaired) electrons. The lowest BCUT2D eigenvalue weighted by Gasteiger charge is -2.26. The Morgan fingerprint density at radius 2 is 1.81 bits per heavy atom. The third kappa shape index (κ3) is 7.85. The maximum absolute atomic E-state index is 12.0. The van der Waals surface area contributed by atoms with Gasteiger partial charge in [-0.05, 0) is 30.7 Å². The molecule has 1 saturated carbocycles. The molecule has 4 N–H and O–H groups in total. The zero-order valence-corrected chi connectivity index (χ0v) is 16.0. The summed E-state index contributed by atoms with van der Waals surface area (Å²) in [6.45, 7) is 0. The lowest BCUT2D eigenvalue weighted by molar-refractivity contribution is -0.136. The summed E-state index contributed by atoms with van der Waals surface area (Å²) in [7, 11) is 0. The van der Waals surface area contributed by atoms with E-state index in [0.717, 1.165) is 24.8 Å². The molecule has 1 fully saturated rings. The van der Waals surface area contributed by atoms with Gasteiger partial charge in [-0.3, -0.25) is 14.9 Å². The van der Waals surface area contributed by atoms with E-state index < -0.39 is 18.1 Å². The molecule has 1 aliphatic rings. The average molecular weight is 383 g/mol. The highest BCUT2D eigenvalue weighted by Gasteiger charge is 2.27. The minimum atomic E-state index is -1.32. The van der Waals surface area contributed by atoms with Crippen LogP contribution >= 0.6 is 12.4 Å². The molecule has 1 aromatic carbocycles. The van der Waals surface area contributed by atoms with Crippen LogP contribution < -0.4 is 11.1 Å². The first-order valence-electron chi connectivity index (χ1n) is 9.37. The van der Waals surface area contributed by atoms with Gasteiger partial charge in [0.15, 0.2) is 0 Å². The van der Waals surface area contributed by atoms with Crippen LogP contribution in [0.3, 0.4) is 0 Å². The van der Waals surface area contributed by atoms with Crippen LogP contribution in [-0.4, -0.2) is 29.1 Å². The molecule has 0 aromatic heterocycles. The van der Waals surface area contributed by atoms with Gasteiger partial charge in [-0.2, -0.15) is 0 Å². The maximum Gasteiger partial charge on any atom is 0.257 e. The smallest absolute Gasteiger partial charge is 0.257 e. The van der Waals surface area contributed by atoms with E-state index in [1.807, 2.05) is 30.3 Å². The van der Waals surface area contributed by atoms with Crippen molar-refractivity contribution < 1.29 is 14.7 Å². The van der Waals surface area contributed by atoms with Crippen molar-refractivity contribution in [2.24, 2.45) is 11.7 Å². The molecular formula is C20H31ClN2O3. The van der Waals surface area contributed by atoms with Gasteiger partial charge in [-0.25, -0.2) is 0 Å². The van der Waals surface area contributed by atoms with Gasteiger partial charge in [0, 0.05) is 12.5 Å². The molecule has 1 aliphatic carbocycles. The average Bonchev–Trinajstić information content (AvgIpc) is 2.62. The predicted octanol–water partition coefficient (Wildman–Crippen LogP) is 2.73. The molecule has 146 valence electrons. The van der Waals surface area contributed by atoms with Crippen LogP contribution in [-0.2, 0) is 16.0 Å². The first kappa shape index (κ1) is 22.6. The second kappa shape index (κ2) is 12.0. The van der Waals surface area contributed by atoms with Crippen molar-refractivity contribution in [2.45, 2.75) is 69.9 Å². The van der Waals surface area contributed by atoms with Crippen molar-refractivity contribution >= 4 is 24.2 Å². The fourth-order valence-corrected chi connectivity index (χ4v) is 3.50. The van der Waals surface area contributed by atoms with E-state index in [2.05, 4.69) is 5.32 Å². The zero-order valence-electron chi connectivity index (χ0n) is 15.2. The van der Waals surface area contributed by atoms with Crippen LogP contribution in [0.5, 0.6) is 0 Å². The van der Waals surface area contributed by atoms with Crippen LogP contribution in [0.1, 0.15) is 56.9 Å². The molecule has 2 amide bonds. The lowest BCUT2D eigenvalue weighted by atomic mass is 9.84. The molecule has 6 heteroatoms. The molecule has 2 atom stereocenters. The van der Waals surface area contributed by atoms with Gasteiger partial charge >= 0.3 is 0 Å². The number of hydrogen-bond acceptors (Lipinski definition) is 4. The molecule has 26 heavy (non-hydrogen) atoms. The molecule has 0 bridgehead atoms. The molecule has 0 aliphatic heterocycles. The van der Waals surface area contributed by atoms with E-state index in [-0.39, 0.29) is 24.7 Å². The number of rotatable bonds is 8. The Morgan fingerprint density at radius 3 is 2.46 bits per heavy atom. The Kier molecular flexibility index (Phi) is 10.5. The van der Waals surface area contributed by atoms with Crippen molar-refractivity contribution in [1.82, 2.24) is 5.32 Å². The molecule has 5 nitrogen and oxygen atoms in total. The minimum absolute atomic E-state index is 0. The summed E-state index contributed by atoms with van der Waals surface area (Å²) >= 11 is 0. The molecular weight excluding hydrogens is 352 g/mol. The molecule has 0 heterocycles. The number of aliphatic hydroxyl groups excluding tert-OH is 1. The lowest BCUT2D eigenvalue weighted by Crippen LogP contribution is -2.48. The van der Waals surface area contributed by atoms with Crippen LogP contribution in [0.2, 0.25) is 0 Å². The molecule has 1 unspecified atom stereocenters. The highest BCUT2D eigenvalue weighted by atomic mass is 35.5. The number of carbonyl (C=O) groups is 2. The summed E-state index contributed by atoms with van der Waals surface area (Å²) < 4.78 is 0. The summed E-state index contributed by atoms with van der Waals surface area (Å²) in [5, 5.41) is 12.4. The van der Waals surface area contributed by atoms with Crippen LogP contribution in [0.25, 0.3) is 0 Å². The summed E-state index contributed by atoms with van der Waals surface area (Å²) in [5.41, 5.74) is 7.14. The third-order valence-corrected chi connectivity index (χ3v) is 4.98. The fourth-order valence-electron chi connectivity index (χ4n) is 3.50. The summed E-state index contributed by atoms with van der Waals surface area (Å²) in [6, 6.07) is 9.28. The Labute approximate surface area is 162 Å². The minimum Gasteiger partial charge on any atom is -0.382 e. The van der Waals surface area contributed by atoms with Crippen molar-refractivity contribution in [3.05, 3.63) is 35.9 Å². The highest BCUT2D eigenvalue weighted by molar-refractivity contribution is 5.97. The van der Waals surface area contributed by atoms with Crippen molar-refractivity contribution in [3.8, 4) is 0 Å². The quantitative estimate of drug-likeness (QED) is 0.644. The van der Waals surface area contributed by atoms with Gasteiger partial charge in [-0.15, -0.1) is 12.4 Å². The monoisotopic (exact) mass is 382 g/mol. The standard InChI is InChI=1S/C20H30N2O3.ClH/c21-17(14-16-10-5-2-6-11-16)19(24)20(25)22-18(23)13-7-12-15-8-3-1-4-9-15;/h1,3-4,8-9,16-17,19,24H,2,5-7,10-14,21H2,(H,22,23,25);1H/t17-,19?;/m1./s1. The number of hydrogen-bond donors (Lipinski definition) is 3. The van der Waals surface area contributed by atoms with E-state index >= 15 is 0 Å². The molecule has 0 spiro atoms. The van der Waals surface area contributed by atoms with E-state index in [0.29, 0.717) is 18.8 Å². The zero-order chi connectivity index (χ0) is 18.1.